The lowest BCUT2D eigenvalue weighted by atomic mass is 9.90. The standard InChI is InChI=1S/C23H38O7/c1-2-3-6-9-17(25)12-13-20-19(21(27)14-22(20)28)10-7-4-5-8-11-23(29)30-16-18(26)15-24/h4,7,12-13,17-21,24-27H,2-3,5-6,8-11,14-16H2,1H3/b7-4+,13-12?/t17-,18?,19+,20+,21-/m0/s1. The number of hydrogen-bond donors (Lipinski definition) is 4. The van der Waals surface area contributed by atoms with Gasteiger partial charge in [0.05, 0.1) is 18.8 Å². The highest BCUT2D eigenvalue weighted by Gasteiger charge is 2.39. The van der Waals surface area contributed by atoms with Crippen molar-refractivity contribution in [3.63, 3.8) is 0 Å². The molecule has 0 saturated heterocycles. The lowest BCUT2D eigenvalue weighted by molar-refractivity contribution is -0.147. The summed E-state index contributed by atoms with van der Waals surface area (Å²) in [6.07, 6.45) is 11.0. The molecule has 0 aromatic heterocycles. The molecule has 0 heterocycles. The van der Waals surface area contributed by atoms with Gasteiger partial charge in [0, 0.05) is 24.7 Å². The molecule has 4 N–H and O–H groups in total. The number of carbonyl (C=O) groups excluding carboxylic acids is 2. The maximum absolute atomic E-state index is 12.2. The predicted octanol–water partition coefficient (Wildman–Crippen LogP) is 2.06. The molecule has 1 aliphatic rings. The number of allylic oxidation sites excluding steroid dienone is 3. The summed E-state index contributed by atoms with van der Waals surface area (Å²) >= 11 is 0. The molecule has 7 heteroatoms. The number of aliphatic hydroxyl groups is 4. The molecule has 5 atom stereocenters. The summed E-state index contributed by atoms with van der Waals surface area (Å²) in [4.78, 5) is 23.7. The molecule has 1 fully saturated rings. The molecule has 1 saturated carbocycles. The maximum Gasteiger partial charge on any atom is 0.305 e. The third-order valence-electron chi connectivity index (χ3n) is 5.36. The van der Waals surface area contributed by atoms with Gasteiger partial charge in [-0.15, -0.1) is 0 Å². The van der Waals surface area contributed by atoms with Gasteiger partial charge in [-0.2, -0.15) is 0 Å². The van der Waals surface area contributed by atoms with Gasteiger partial charge in [-0.1, -0.05) is 50.5 Å². The van der Waals surface area contributed by atoms with Crippen LogP contribution in [0.15, 0.2) is 24.3 Å². The molecule has 30 heavy (non-hydrogen) atoms. The summed E-state index contributed by atoms with van der Waals surface area (Å²) in [6, 6.07) is 0. The van der Waals surface area contributed by atoms with Crippen molar-refractivity contribution in [3.05, 3.63) is 24.3 Å². The third-order valence-corrected chi connectivity index (χ3v) is 5.36. The number of rotatable bonds is 15. The van der Waals surface area contributed by atoms with Crippen molar-refractivity contribution in [3.8, 4) is 0 Å². The number of aliphatic hydroxyl groups excluding tert-OH is 4. The van der Waals surface area contributed by atoms with Gasteiger partial charge in [-0.3, -0.25) is 9.59 Å². The van der Waals surface area contributed by atoms with Crippen molar-refractivity contribution in [2.24, 2.45) is 11.8 Å². The largest absolute Gasteiger partial charge is 0.463 e. The first kappa shape index (κ1) is 26.5. The van der Waals surface area contributed by atoms with Crippen LogP contribution in [0.4, 0.5) is 0 Å². The highest BCUT2D eigenvalue weighted by molar-refractivity contribution is 5.86. The number of ether oxygens (including phenoxy) is 1. The molecule has 1 rings (SSSR count). The van der Waals surface area contributed by atoms with Crippen molar-refractivity contribution in [2.75, 3.05) is 13.2 Å². The summed E-state index contributed by atoms with van der Waals surface area (Å²) < 4.78 is 4.83. The Bertz CT molecular complexity index is 558. The van der Waals surface area contributed by atoms with E-state index in [0.717, 1.165) is 19.3 Å². The van der Waals surface area contributed by atoms with Gasteiger partial charge in [-0.05, 0) is 25.7 Å². The number of Topliss-reactive ketones (excluding diaryl/α,β-unsaturated/α-hetero) is 1. The molecule has 0 amide bonds. The fourth-order valence-electron chi connectivity index (χ4n) is 3.52. The summed E-state index contributed by atoms with van der Waals surface area (Å²) in [7, 11) is 0. The van der Waals surface area contributed by atoms with Crippen LogP contribution >= 0.6 is 0 Å². The molecule has 172 valence electrons. The van der Waals surface area contributed by atoms with E-state index >= 15 is 0 Å². The first-order valence-corrected chi connectivity index (χ1v) is 11.1. The van der Waals surface area contributed by atoms with Crippen molar-refractivity contribution >= 4 is 11.8 Å². The summed E-state index contributed by atoms with van der Waals surface area (Å²) in [5, 5.41) is 38.0. The molecular formula is C23H38O7. The minimum Gasteiger partial charge on any atom is -0.463 e. The van der Waals surface area contributed by atoms with Crippen LogP contribution in [0.3, 0.4) is 0 Å². The van der Waals surface area contributed by atoms with Gasteiger partial charge in [0.1, 0.15) is 18.5 Å². The number of esters is 1. The SMILES string of the molecule is CCCCC[C@H](O)C=C[C@H]1C(=O)C[C@H](O)[C@@H]1C/C=C/CCCC(=O)OCC(O)CO. The normalized spacial score (nSPS) is 24.0. The third kappa shape index (κ3) is 10.5. The topological polar surface area (TPSA) is 124 Å². The fraction of sp³-hybridized carbons (Fsp3) is 0.739. The van der Waals surface area contributed by atoms with E-state index in [4.69, 9.17) is 14.9 Å². The molecule has 1 aliphatic carbocycles. The smallest absolute Gasteiger partial charge is 0.305 e. The zero-order chi connectivity index (χ0) is 22.4. The molecule has 0 bridgehead atoms. The quantitative estimate of drug-likeness (QED) is 0.179. The Morgan fingerprint density at radius 2 is 2.00 bits per heavy atom. The lowest BCUT2D eigenvalue weighted by Crippen LogP contribution is -2.21. The van der Waals surface area contributed by atoms with E-state index in [1.54, 1.807) is 12.2 Å². The van der Waals surface area contributed by atoms with Crippen LogP contribution in [0.5, 0.6) is 0 Å². The Kier molecular flexibility index (Phi) is 13.5. The molecule has 0 aromatic rings. The number of carbonyl (C=O) groups is 2. The molecular weight excluding hydrogens is 388 g/mol. The van der Waals surface area contributed by atoms with E-state index in [-0.39, 0.29) is 37.1 Å². The lowest BCUT2D eigenvalue weighted by Gasteiger charge is -2.17. The first-order chi connectivity index (χ1) is 14.4. The van der Waals surface area contributed by atoms with E-state index in [1.165, 1.54) is 0 Å². The predicted molar refractivity (Wildman–Crippen MR) is 114 cm³/mol. The summed E-state index contributed by atoms with van der Waals surface area (Å²) in [5.74, 6) is -0.989. The Labute approximate surface area is 179 Å². The van der Waals surface area contributed by atoms with Crippen LogP contribution in [-0.2, 0) is 14.3 Å². The fourth-order valence-corrected chi connectivity index (χ4v) is 3.52. The minimum atomic E-state index is -1.05. The summed E-state index contributed by atoms with van der Waals surface area (Å²) in [5.41, 5.74) is 0. The molecule has 1 unspecified atom stereocenters. The molecule has 0 aliphatic heterocycles. The number of hydrogen-bond acceptors (Lipinski definition) is 7. The van der Waals surface area contributed by atoms with E-state index in [0.29, 0.717) is 25.7 Å². The van der Waals surface area contributed by atoms with Crippen LogP contribution in [0.1, 0.15) is 64.7 Å². The second-order valence-corrected chi connectivity index (χ2v) is 7.99. The van der Waals surface area contributed by atoms with Gasteiger partial charge in [0.25, 0.3) is 0 Å². The van der Waals surface area contributed by atoms with Crippen LogP contribution < -0.4 is 0 Å². The average Bonchev–Trinajstić information content (AvgIpc) is 2.99. The number of ketones is 1. The van der Waals surface area contributed by atoms with Gasteiger partial charge in [0.2, 0.25) is 0 Å². The van der Waals surface area contributed by atoms with Crippen LogP contribution in [-0.4, -0.2) is 63.7 Å². The van der Waals surface area contributed by atoms with Crippen molar-refractivity contribution in [2.45, 2.75) is 83.0 Å². The zero-order valence-electron chi connectivity index (χ0n) is 18.0. The molecule has 7 nitrogen and oxygen atoms in total. The zero-order valence-corrected chi connectivity index (χ0v) is 18.0. The molecule has 0 spiro atoms. The number of unbranched alkanes of at least 4 members (excludes halogenated alkanes) is 3. The van der Waals surface area contributed by atoms with Crippen LogP contribution in [0, 0.1) is 11.8 Å². The molecule has 0 radical (unpaired) electrons. The molecule has 0 aromatic carbocycles. The van der Waals surface area contributed by atoms with E-state index in [1.807, 2.05) is 12.2 Å². The van der Waals surface area contributed by atoms with Gasteiger partial charge in [-0.25, -0.2) is 0 Å². The monoisotopic (exact) mass is 426 g/mol. The van der Waals surface area contributed by atoms with E-state index in [2.05, 4.69) is 6.92 Å². The second-order valence-electron chi connectivity index (χ2n) is 7.99. The van der Waals surface area contributed by atoms with Crippen LogP contribution in [0.25, 0.3) is 0 Å². The van der Waals surface area contributed by atoms with Crippen LogP contribution in [0.2, 0.25) is 0 Å². The van der Waals surface area contributed by atoms with Gasteiger partial charge in [0.15, 0.2) is 0 Å². The highest BCUT2D eigenvalue weighted by atomic mass is 16.5. The van der Waals surface area contributed by atoms with Crippen molar-refractivity contribution in [1.82, 2.24) is 0 Å². The first-order valence-electron chi connectivity index (χ1n) is 11.1. The van der Waals surface area contributed by atoms with Crippen molar-refractivity contribution < 1.29 is 34.8 Å². The maximum atomic E-state index is 12.2. The van der Waals surface area contributed by atoms with Gasteiger partial charge < -0.3 is 25.2 Å². The Morgan fingerprint density at radius 3 is 2.70 bits per heavy atom. The van der Waals surface area contributed by atoms with Gasteiger partial charge >= 0.3 is 5.97 Å². The highest BCUT2D eigenvalue weighted by Crippen LogP contribution is 2.33. The minimum absolute atomic E-state index is 0.00530. The Balaban J connectivity index is 2.37. The Hall–Kier alpha value is -1.54. The average molecular weight is 427 g/mol. The van der Waals surface area contributed by atoms with E-state index < -0.39 is 30.9 Å². The summed E-state index contributed by atoms with van der Waals surface area (Å²) in [6.45, 7) is 1.45. The second kappa shape index (κ2) is 15.3. The van der Waals surface area contributed by atoms with Crippen molar-refractivity contribution in [1.29, 1.82) is 0 Å². The van der Waals surface area contributed by atoms with E-state index in [9.17, 15) is 19.8 Å². The Morgan fingerprint density at radius 1 is 1.23 bits per heavy atom.